The molecule has 0 aromatic rings. The van der Waals surface area contributed by atoms with E-state index in [0.29, 0.717) is 0 Å². The molecular weight excluding hydrogens is 98.0 g/mol. The highest BCUT2D eigenvalue weighted by molar-refractivity contribution is 3.72. The fourth-order valence-corrected chi connectivity index (χ4v) is 0. The average Bonchev–Trinajstić information content (AvgIpc) is 0.722. The molecule has 0 fully saturated rings. The second-order valence-electron chi connectivity index (χ2n) is 1.94. The van der Waals surface area contributed by atoms with Crippen LogP contribution in [0, 0.1) is 0 Å². The van der Waals surface area contributed by atoms with Gasteiger partial charge in [0.05, 0.1) is 21.1 Å². The molecule has 0 aromatic heterocycles. The Balaban J connectivity index is -0.0000000800. The van der Waals surface area contributed by atoms with Crippen LogP contribution < -0.4 is 0 Å². The topological polar surface area (TPSA) is 83.2 Å². The van der Waals surface area contributed by atoms with Crippen LogP contribution in [0.15, 0.2) is 0 Å². The number of hydrogen-bond donors (Lipinski definition) is 1. The van der Waals surface area contributed by atoms with Crippen LogP contribution in [0.25, 0.3) is 0 Å². The third kappa shape index (κ3) is 3360. The van der Waals surface area contributed by atoms with Crippen molar-refractivity contribution in [3.8, 4) is 0 Å². The van der Waals surface area contributed by atoms with Gasteiger partial charge in [-0.2, -0.15) is 4.65 Å². The molecule has 0 saturated heterocycles. The summed E-state index contributed by atoms with van der Waals surface area (Å²) in [7, 11) is 5.04. The van der Waals surface area contributed by atoms with Crippen LogP contribution in [0.2, 0.25) is 0 Å². The zero-order valence-corrected chi connectivity index (χ0v) is 4.89. The number of nitrogens with zero attached hydrogens (tertiary/aromatic N) is 1. The van der Waals surface area contributed by atoms with Crippen molar-refractivity contribution in [1.29, 1.82) is 0 Å². The number of quaternary nitrogens is 1. The Bertz CT molecular complexity index is 25.7. The van der Waals surface area contributed by atoms with Gasteiger partial charge in [0, 0.05) is 0 Å². The van der Waals surface area contributed by atoms with Gasteiger partial charge in [-0.1, -0.05) is 0 Å². The quantitative estimate of drug-likeness (QED) is 0.298. The molecule has 0 aromatic carbocycles. The molecule has 0 bridgehead atoms. The van der Waals surface area contributed by atoms with E-state index in [-0.39, 0.29) is 15.6 Å². The molecule has 0 atom stereocenters. The summed E-state index contributed by atoms with van der Waals surface area (Å²) < 4.78 is 0. The van der Waals surface area contributed by atoms with E-state index in [9.17, 15) is 0 Å². The van der Waals surface area contributed by atoms with Crippen molar-refractivity contribution in [2.75, 3.05) is 21.1 Å². The van der Waals surface area contributed by atoms with Crippen molar-refractivity contribution in [3.05, 3.63) is 0 Å². The van der Waals surface area contributed by atoms with Crippen molar-refractivity contribution in [2.45, 2.75) is 0 Å². The van der Waals surface area contributed by atoms with E-state index >= 15 is 0 Å². The lowest BCUT2D eigenvalue weighted by molar-refractivity contribution is -1.06. The van der Waals surface area contributed by atoms with Crippen molar-refractivity contribution < 1.29 is 20.8 Å². The van der Waals surface area contributed by atoms with E-state index in [0.717, 1.165) is 0 Å². The summed E-state index contributed by atoms with van der Waals surface area (Å²) >= 11 is 0. The normalized spacial score (nSPS) is 8.57. The van der Waals surface area contributed by atoms with Crippen LogP contribution in [-0.4, -0.2) is 41.9 Å². The molecule has 7 heavy (non-hydrogen) atoms. The second-order valence-corrected chi connectivity index (χ2v) is 1.94. The summed E-state index contributed by atoms with van der Waals surface area (Å²) in [6, 6.07) is 0. The average molecular weight is 112 g/mol. The van der Waals surface area contributed by atoms with E-state index < -0.39 is 0 Å². The molecule has 0 saturated carbocycles. The fourth-order valence-electron chi connectivity index (χ4n) is 0. The molecule has 0 aliphatic heterocycles. The Kier molecular flexibility index (Phi) is 9.07. The first-order valence-electron chi connectivity index (χ1n) is 1.54. The van der Waals surface area contributed by atoms with E-state index in [2.05, 4.69) is 0 Å². The van der Waals surface area contributed by atoms with Crippen molar-refractivity contribution in [2.24, 2.45) is 0 Å². The molecule has 4 heteroatoms. The number of hydroxylamine groups is 3. The van der Waals surface area contributed by atoms with Crippen molar-refractivity contribution >= 4 is 0 Å². The number of rotatable bonds is 0. The Labute approximate surface area is 43.1 Å². The van der Waals surface area contributed by atoms with Crippen LogP contribution in [-0.2, 0) is 0 Å². The lowest BCUT2D eigenvalue weighted by Crippen LogP contribution is -2.28. The molecule has 0 aliphatic rings. The van der Waals surface area contributed by atoms with E-state index in [4.69, 9.17) is 5.21 Å². The van der Waals surface area contributed by atoms with Gasteiger partial charge in [-0.15, -0.1) is 0 Å². The minimum Gasteiger partial charge on any atom is -0.412 e. The molecule has 0 rings (SSSR count). The molecule has 0 amide bonds. The lowest BCUT2D eigenvalue weighted by atomic mass is 11.0. The summed E-state index contributed by atoms with van der Waals surface area (Å²) in [5.41, 5.74) is 0. The van der Waals surface area contributed by atoms with Crippen molar-refractivity contribution in [1.82, 2.24) is 0 Å². The van der Waals surface area contributed by atoms with Gasteiger partial charge in [0.25, 0.3) is 0 Å². The Morgan fingerprint density at radius 1 is 1.00 bits per heavy atom. The number of hydrogen-bond acceptors (Lipinski definition) is 1. The maximum absolute atomic E-state index is 8.46. The maximum Gasteiger partial charge on any atom is 0.0979 e. The van der Waals surface area contributed by atoms with Gasteiger partial charge in [-0.05, 0) is 0 Å². The molecule has 4 nitrogen and oxygen atoms in total. The predicted molar refractivity (Wildman–Crippen MR) is 27.0 cm³/mol. The van der Waals surface area contributed by atoms with Gasteiger partial charge in [0.15, 0.2) is 0 Å². The molecule has 0 spiro atoms. The first kappa shape index (κ1) is 15.8. The highest BCUT2D eigenvalue weighted by atomic mass is 16.5. The smallest absolute Gasteiger partial charge is 0.0979 e. The van der Waals surface area contributed by atoms with Crippen LogP contribution in [0.5, 0.6) is 0 Å². The lowest BCUT2D eigenvalue weighted by Gasteiger charge is -2.09. The molecular formula is C3H14NO3+. The Hall–Kier alpha value is -0.160. The molecule has 48 valence electrons. The molecule has 0 unspecified atom stereocenters. The zero-order valence-electron chi connectivity index (χ0n) is 4.89. The zero-order chi connectivity index (χ0) is 4.50. The Morgan fingerprint density at radius 3 is 1.00 bits per heavy atom. The van der Waals surface area contributed by atoms with Gasteiger partial charge in [-0.25, -0.2) is 5.21 Å². The monoisotopic (exact) mass is 112 g/mol. The molecule has 0 aliphatic carbocycles. The first-order chi connectivity index (χ1) is 2.00. The summed E-state index contributed by atoms with van der Waals surface area (Å²) in [5, 5.41) is 8.46. The predicted octanol–water partition coefficient (Wildman–Crippen LogP) is -1.57. The van der Waals surface area contributed by atoms with E-state index in [1.807, 2.05) is 0 Å². The van der Waals surface area contributed by atoms with Gasteiger partial charge in [-0.3, -0.25) is 0 Å². The summed E-state index contributed by atoms with van der Waals surface area (Å²) in [4.78, 5) is 0. The summed E-state index contributed by atoms with van der Waals surface area (Å²) in [5.74, 6) is 0. The second kappa shape index (κ2) is 4.01. The third-order valence-corrected chi connectivity index (χ3v) is 0. The fraction of sp³-hybridized carbons (Fsp3) is 1.00. The maximum atomic E-state index is 8.46. The molecule has 5 N–H and O–H groups in total. The van der Waals surface area contributed by atoms with Crippen LogP contribution in [0.3, 0.4) is 0 Å². The largest absolute Gasteiger partial charge is 0.412 e. The van der Waals surface area contributed by atoms with Gasteiger partial charge >= 0.3 is 0 Å². The van der Waals surface area contributed by atoms with E-state index in [1.54, 1.807) is 21.1 Å². The van der Waals surface area contributed by atoms with E-state index in [1.165, 1.54) is 0 Å². The van der Waals surface area contributed by atoms with Crippen LogP contribution in [0.4, 0.5) is 0 Å². The van der Waals surface area contributed by atoms with Crippen LogP contribution in [0.1, 0.15) is 0 Å². The van der Waals surface area contributed by atoms with Crippen LogP contribution >= 0.6 is 0 Å². The highest BCUT2D eigenvalue weighted by Crippen LogP contribution is 1.72. The highest BCUT2D eigenvalue weighted by Gasteiger charge is 1.92. The van der Waals surface area contributed by atoms with Gasteiger partial charge in [0.1, 0.15) is 0 Å². The third-order valence-electron chi connectivity index (χ3n) is 0. The summed E-state index contributed by atoms with van der Waals surface area (Å²) in [6.07, 6.45) is 0. The minimum atomic E-state index is 0. The summed E-state index contributed by atoms with van der Waals surface area (Å²) in [6.45, 7) is 0. The molecule has 0 heterocycles. The van der Waals surface area contributed by atoms with Gasteiger partial charge < -0.3 is 11.0 Å². The minimum absolute atomic E-state index is 0. The Morgan fingerprint density at radius 2 is 1.00 bits per heavy atom. The SMILES string of the molecule is C[N+](C)(C)O.O.O. The van der Waals surface area contributed by atoms with Gasteiger partial charge in [0.2, 0.25) is 0 Å². The standard InChI is InChI=1S/C3H10NO.2H2O/c1-4(2,3)5;;/h5H,1-3H3;2*1H2/q+1;;. The van der Waals surface area contributed by atoms with Crippen molar-refractivity contribution in [3.63, 3.8) is 0 Å². The first-order valence-corrected chi connectivity index (χ1v) is 1.54. The molecule has 0 radical (unpaired) electrons.